The predicted octanol–water partition coefficient (Wildman–Crippen LogP) is 2.69. The number of hydrogen-bond acceptors (Lipinski definition) is 4. The molecule has 1 aromatic carbocycles. The molecule has 0 aliphatic carbocycles. The summed E-state index contributed by atoms with van der Waals surface area (Å²) in [7, 11) is 1.58. The van der Waals surface area contributed by atoms with Gasteiger partial charge in [0, 0.05) is 26.4 Å². The minimum Gasteiger partial charge on any atom is -0.495 e. The maximum absolute atomic E-state index is 13.0. The molecule has 2 aliphatic heterocycles. The van der Waals surface area contributed by atoms with E-state index in [1.807, 2.05) is 18.2 Å². The first kappa shape index (κ1) is 17.5. The average molecular weight is 354 g/mol. The van der Waals surface area contributed by atoms with Crippen molar-refractivity contribution in [3.05, 3.63) is 28.8 Å². The molecule has 3 rings (SSSR count). The van der Waals surface area contributed by atoms with E-state index in [1.54, 1.807) is 7.11 Å². The number of benzene rings is 1. The van der Waals surface area contributed by atoms with Crippen LogP contribution < -0.4 is 10.1 Å². The third-order valence-electron chi connectivity index (χ3n) is 5.00. The van der Waals surface area contributed by atoms with Crippen LogP contribution in [0.4, 0.5) is 0 Å². The zero-order valence-electron chi connectivity index (χ0n) is 14.0. The van der Waals surface area contributed by atoms with Crippen LogP contribution in [0, 0.1) is 0 Å². The van der Waals surface area contributed by atoms with Crippen LogP contribution in [0.1, 0.15) is 31.2 Å². The van der Waals surface area contributed by atoms with Gasteiger partial charge < -0.3 is 19.5 Å². The van der Waals surface area contributed by atoms with Crippen molar-refractivity contribution >= 4 is 17.5 Å². The number of ether oxygens (including phenoxy) is 3. The predicted molar refractivity (Wildman–Crippen MR) is 91.7 cm³/mol. The van der Waals surface area contributed by atoms with Gasteiger partial charge in [0.1, 0.15) is 5.75 Å². The van der Waals surface area contributed by atoms with Crippen molar-refractivity contribution in [1.82, 2.24) is 5.32 Å². The van der Waals surface area contributed by atoms with Gasteiger partial charge in [-0.3, -0.25) is 4.79 Å². The van der Waals surface area contributed by atoms with Crippen LogP contribution in [-0.2, 0) is 19.7 Å². The summed E-state index contributed by atoms with van der Waals surface area (Å²) in [6.45, 7) is 2.48. The normalized spacial score (nSPS) is 23.0. The number of nitrogens with one attached hydrogen (secondary N) is 1. The van der Waals surface area contributed by atoms with Crippen molar-refractivity contribution in [2.45, 2.75) is 37.2 Å². The van der Waals surface area contributed by atoms with Crippen LogP contribution in [0.15, 0.2) is 18.2 Å². The maximum atomic E-state index is 13.0. The summed E-state index contributed by atoms with van der Waals surface area (Å²) >= 11 is 6.29. The van der Waals surface area contributed by atoms with Gasteiger partial charge in [0.25, 0.3) is 0 Å². The number of carbonyl (C=O) groups excluding carboxylic acids is 1. The summed E-state index contributed by atoms with van der Waals surface area (Å²) in [6.07, 6.45) is 3.49. The number of methoxy groups -OCH3 is 1. The lowest BCUT2D eigenvalue weighted by molar-refractivity contribution is -0.131. The van der Waals surface area contributed by atoms with Gasteiger partial charge >= 0.3 is 0 Å². The number of carbonyl (C=O) groups is 1. The maximum Gasteiger partial charge on any atom is 0.230 e. The molecule has 0 spiro atoms. The molecule has 0 bridgehead atoms. The Morgan fingerprint density at radius 2 is 2.17 bits per heavy atom. The summed E-state index contributed by atoms with van der Waals surface area (Å²) < 4.78 is 16.3. The van der Waals surface area contributed by atoms with E-state index in [0.717, 1.165) is 25.0 Å². The second kappa shape index (κ2) is 7.72. The van der Waals surface area contributed by atoms with Crippen LogP contribution in [0.25, 0.3) is 0 Å². The Hall–Kier alpha value is -1.30. The molecule has 6 heteroatoms. The van der Waals surface area contributed by atoms with E-state index in [1.165, 1.54) is 0 Å². The largest absolute Gasteiger partial charge is 0.495 e. The van der Waals surface area contributed by atoms with Gasteiger partial charge in [-0.2, -0.15) is 0 Å². The molecular formula is C18H24ClNO4. The van der Waals surface area contributed by atoms with Crippen molar-refractivity contribution in [2.75, 3.05) is 33.5 Å². The Labute approximate surface area is 147 Å². The van der Waals surface area contributed by atoms with E-state index in [0.29, 0.717) is 43.4 Å². The van der Waals surface area contributed by atoms with Crippen molar-refractivity contribution < 1.29 is 19.0 Å². The number of rotatable bonds is 5. The first-order chi connectivity index (χ1) is 11.7. The fourth-order valence-corrected chi connectivity index (χ4v) is 3.77. The summed E-state index contributed by atoms with van der Waals surface area (Å²) in [6, 6.07) is 5.60. The number of amides is 1. The fourth-order valence-electron chi connectivity index (χ4n) is 3.51. The van der Waals surface area contributed by atoms with Crippen LogP contribution in [0.5, 0.6) is 5.75 Å². The number of hydrogen-bond donors (Lipinski definition) is 1. The lowest BCUT2D eigenvalue weighted by Crippen LogP contribution is -2.49. The van der Waals surface area contributed by atoms with E-state index in [-0.39, 0.29) is 12.0 Å². The third-order valence-corrected chi connectivity index (χ3v) is 5.30. The first-order valence-electron chi connectivity index (χ1n) is 8.47. The summed E-state index contributed by atoms with van der Waals surface area (Å²) in [4.78, 5) is 13.0. The smallest absolute Gasteiger partial charge is 0.230 e. The van der Waals surface area contributed by atoms with Crippen molar-refractivity contribution in [3.63, 3.8) is 0 Å². The highest BCUT2D eigenvalue weighted by Gasteiger charge is 2.42. The molecule has 2 heterocycles. The van der Waals surface area contributed by atoms with E-state index in [2.05, 4.69) is 5.32 Å². The molecule has 0 saturated carbocycles. The van der Waals surface area contributed by atoms with Crippen molar-refractivity contribution in [1.29, 1.82) is 0 Å². The second-order valence-corrected chi connectivity index (χ2v) is 6.80. The van der Waals surface area contributed by atoms with Gasteiger partial charge in [-0.25, -0.2) is 0 Å². The van der Waals surface area contributed by atoms with Crippen LogP contribution >= 0.6 is 11.6 Å². The molecule has 132 valence electrons. The van der Waals surface area contributed by atoms with Gasteiger partial charge in [0.05, 0.1) is 23.7 Å². The van der Waals surface area contributed by atoms with Crippen LogP contribution in [0.3, 0.4) is 0 Å². The van der Waals surface area contributed by atoms with Gasteiger partial charge in [0.2, 0.25) is 5.91 Å². The third kappa shape index (κ3) is 3.53. The topological polar surface area (TPSA) is 56.8 Å². The molecule has 1 atom stereocenters. The molecule has 2 aliphatic rings. The summed E-state index contributed by atoms with van der Waals surface area (Å²) in [5.74, 6) is 0.643. The van der Waals surface area contributed by atoms with E-state index in [4.69, 9.17) is 25.8 Å². The lowest BCUT2D eigenvalue weighted by Gasteiger charge is -2.36. The quantitative estimate of drug-likeness (QED) is 0.884. The minimum atomic E-state index is -0.604. The van der Waals surface area contributed by atoms with Gasteiger partial charge in [-0.05, 0) is 43.4 Å². The molecule has 1 unspecified atom stereocenters. The Morgan fingerprint density at radius 3 is 2.79 bits per heavy atom. The molecule has 2 saturated heterocycles. The standard InChI is InChI=1S/C18H24ClNO4/c1-22-16-5-4-13(11-15(16)19)18(6-9-23-10-7-18)17(21)20-12-14-3-2-8-24-14/h4-5,11,14H,2-3,6-10,12H2,1H3,(H,20,21). The summed E-state index contributed by atoms with van der Waals surface area (Å²) in [5, 5.41) is 3.61. The average Bonchev–Trinajstić information content (AvgIpc) is 3.13. The highest BCUT2D eigenvalue weighted by atomic mass is 35.5. The molecule has 1 N–H and O–H groups in total. The Morgan fingerprint density at radius 1 is 1.38 bits per heavy atom. The lowest BCUT2D eigenvalue weighted by atomic mass is 9.73. The minimum absolute atomic E-state index is 0.0301. The SMILES string of the molecule is COc1ccc(C2(C(=O)NCC3CCCO3)CCOCC2)cc1Cl. The van der Waals surface area contributed by atoms with Crippen LogP contribution in [-0.4, -0.2) is 45.5 Å². The highest BCUT2D eigenvalue weighted by molar-refractivity contribution is 6.32. The molecule has 1 aromatic rings. The van der Waals surface area contributed by atoms with E-state index in [9.17, 15) is 4.79 Å². The summed E-state index contributed by atoms with van der Waals surface area (Å²) in [5.41, 5.74) is 0.314. The monoisotopic (exact) mass is 353 g/mol. The van der Waals surface area contributed by atoms with Gasteiger partial charge in [0.15, 0.2) is 0 Å². The Bertz CT molecular complexity index is 580. The fraction of sp³-hybridized carbons (Fsp3) is 0.611. The molecule has 0 aromatic heterocycles. The van der Waals surface area contributed by atoms with E-state index >= 15 is 0 Å². The van der Waals surface area contributed by atoms with Gasteiger partial charge in [-0.1, -0.05) is 17.7 Å². The molecule has 2 fully saturated rings. The zero-order valence-corrected chi connectivity index (χ0v) is 14.7. The van der Waals surface area contributed by atoms with Crippen LogP contribution in [0.2, 0.25) is 5.02 Å². The molecule has 24 heavy (non-hydrogen) atoms. The second-order valence-electron chi connectivity index (χ2n) is 6.39. The van der Waals surface area contributed by atoms with Gasteiger partial charge in [-0.15, -0.1) is 0 Å². The zero-order chi connectivity index (χ0) is 17.0. The number of halogens is 1. The highest BCUT2D eigenvalue weighted by Crippen LogP contribution is 2.38. The molecule has 1 amide bonds. The first-order valence-corrected chi connectivity index (χ1v) is 8.85. The Balaban J connectivity index is 1.80. The van der Waals surface area contributed by atoms with E-state index < -0.39 is 5.41 Å². The van der Waals surface area contributed by atoms with Crippen molar-refractivity contribution in [3.8, 4) is 5.75 Å². The van der Waals surface area contributed by atoms with Crippen molar-refractivity contribution in [2.24, 2.45) is 0 Å². The Kier molecular flexibility index (Phi) is 5.64. The molecule has 5 nitrogen and oxygen atoms in total. The molecular weight excluding hydrogens is 330 g/mol. The molecule has 0 radical (unpaired) electrons.